The summed E-state index contributed by atoms with van der Waals surface area (Å²) in [4.78, 5) is 1.61. The second-order valence-corrected chi connectivity index (χ2v) is 8.99. The molecule has 0 heterocycles. The number of nitrogens with zero attached hydrogens (tertiary/aromatic N) is 1. The van der Waals surface area contributed by atoms with Crippen LogP contribution in [0.1, 0.15) is 17.5 Å². The summed E-state index contributed by atoms with van der Waals surface area (Å²) in [6, 6.07) is 4.85. The van der Waals surface area contributed by atoms with Crippen molar-refractivity contribution >= 4 is 27.3 Å². The second-order valence-electron chi connectivity index (χ2n) is 6.93. The van der Waals surface area contributed by atoms with Crippen LogP contribution in [-0.2, 0) is 22.9 Å². The van der Waals surface area contributed by atoms with Crippen LogP contribution in [0.15, 0.2) is 29.2 Å². The molecule has 5 nitrogen and oxygen atoms in total. The molecule has 28 heavy (non-hydrogen) atoms. The summed E-state index contributed by atoms with van der Waals surface area (Å²) in [5, 5.41) is -0.388. The fourth-order valence-corrected chi connectivity index (χ4v) is 5.09. The third-order valence-electron chi connectivity index (χ3n) is 5.01. The van der Waals surface area contributed by atoms with E-state index in [1.807, 2.05) is 14.1 Å². The zero-order valence-corrected chi connectivity index (χ0v) is 17.3. The Labute approximate surface area is 168 Å². The Balaban J connectivity index is 2.02. The van der Waals surface area contributed by atoms with Crippen LogP contribution in [0.25, 0.3) is 0 Å². The first-order valence-corrected chi connectivity index (χ1v) is 10.5. The van der Waals surface area contributed by atoms with Gasteiger partial charge in [-0.2, -0.15) is 0 Å². The molecule has 0 saturated carbocycles. The molecular weight excluding hydrogens is 410 g/mol. The van der Waals surface area contributed by atoms with Gasteiger partial charge in [0.05, 0.1) is 17.8 Å². The van der Waals surface area contributed by atoms with E-state index in [0.29, 0.717) is 42.5 Å². The van der Waals surface area contributed by atoms with E-state index in [2.05, 4.69) is 9.62 Å². The average molecular weight is 431 g/mol. The van der Waals surface area contributed by atoms with Gasteiger partial charge in [0.1, 0.15) is 10.6 Å². The molecule has 1 aliphatic rings. The van der Waals surface area contributed by atoms with Gasteiger partial charge in [0, 0.05) is 11.6 Å². The van der Waals surface area contributed by atoms with E-state index in [1.165, 1.54) is 0 Å². The first-order valence-electron chi connectivity index (χ1n) is 8.66. The Bertz CT molecular complexity index is 1010. The van der Waals surface area contributed by atoms with Crippen LogP contribution in [0, 0.1) is 11.6 Å². The maximum Gasteiger partial charge on any atom is 0.263 e. The quantitative estimate of drug-likeness (QED) is 0.732. The van der Waals surface area contributed by atoms with Gasteiger partial charge < -0.3 is 9.64 Å². The van der Waals surface area contributed by atoms with Gasteiger partial charge in [-0.1, -0.05) is 11.6 Å². The summed E-state index contributed by atoms with van der Waals surface area (Å²) in [5.74, 6) is -1.80. The van der Waals surface area contributed by atoms with Crippen molar-refractivity contribution in [1.29, 1.82) is 0 Å². The molecule has 0 unspecified atom stereocenters. The zero-order valence-electron chi connectivity index (χ0n) is 15.7. The lowest BCUT2D eigenvalue weighted by Crippen LogP contribution is -2.34. The number of hydrogen-bond acceptors (Lipinski definition) is 4. The smallest absolute Gasteiger partial charge is 0.263 e. The Hall–Kier alpha value is -1.90. The lowest BCUT2D eigenvalue weighted by atomic mass is 9.86. The number of ether oxygens (including phenoxy) is 1. The van der Waals surface area contributed by atoms with Crippen LogP contribution < -0.4 is 9.46 Å². The van der Waals surface area contributed by atoms with Crippen molar-refractivity contribution < 1.29 is 21.9 Å². The third-order valence-corrected chi connectivity index (χ3v) is 6.84. The minimum absolute atomic E-state index is 0.314. The number of nitrogens with one attached hydrogen (secondary N) is 1. The highest BCUT2D eigenvalue weighted by Crippen LogP contribution is 2.37. The van der Waals surface area contributed by atoms with Gasteiger partial charge in [-0.15, -0.1) is 0 Å². The van der Waals surface area contributed by atoms with E-state index in [9.17, 15) is 17.2 Å². The van der Waals surface area contributed by atoms with Crippen molar-refractivity contribution in [3.63, 3.8) is 0 Å². The van der Waals surface area contributed by atoms with Gasteiger partial charge >= 0.3 is 0 Å². The lowest BCUT2D eigenvalue weighted by Gasteiger charge is -2.32. The number of likely N-dealkylation sites (N-methyl/N-ethyl adjacent to an activating group) is 1. The van der Waals surface area contributed by atoms with Gasteiger partial charge in [0.25, 0.3) is 10.0 Å². The molecule has 1 N–H and O–H groups in total. The Morgan fingerprint density at radius 1 is 1.18 bits per heavy atom. The minimum Gasteiger partial charge on any atom is -0.496 e. The van der Waals surface area contributed by atoms with Crippen molar-refractivity contribution in [2.45, 2.75) is 30.2 Å². The number of rotatable bonds is 5. The Morgan fingerprint density at radius 3 is 2.50 bits per heavy atom. The minimum atomic E-state index is -4.21. The monoisotopic (exact) mass is 430 g/mol. The average Bonchev–Trinajstić information content (AvgIpc) is 2.64. The first kappa shape index (κ1) is 20.8. The molecule has 1 aliphatic carbocycles. The summed E-state index contributed by atoms with van der Waals surface area (Å²) >= 11 is 5.85. The molecule has 0 radical (unpaired) electrons. The van der Waals surface area contributed by atoms with Crippen molar-refractivity contribution in [3.05, 3.63) is 52.0 Å². The molecule has 0 fully saturated rings. The topological polar surface area (TPSA) is 58.6 Å². The molecule has 0 amide bonds. The third kappa shape index (κ3) is 3.94. The Kier molecular flexibility index (Phi) is 5.84. The van der Waals surface area contributed by atoms with E-state index in [4.69, 9.17) is 16.3 Å². The molecule has 1 atom stereocenters. The maximum atomic E-state index is 13.6. The van der Waals surface area contributed by atoms with Crippen LogP contribution in [0.5, 0.6) is 5.75 Å². The molecule has 0 spiro atoms. The molecule has 3 rings (SSSR count). The van der Waals surface area contributed by atoms with Gasteiger partial charge in [-0.05, 0) is 63.2 Å². The number of anilines is 1. The summed E-state index contributed by atoms with van der Waals surface area (Å²) < 4.78 is 60.3. The SMILES string of the molecule is COc1ccc(NS(=O)(=O)c2cc(F)c(F)cc2Cl)c2c1C[C@@H](N(C)C)CC2. The molecule has 9 heteroatoms. The molecule has 0 aromatic heterocycles. The molecule has 2 aromatic carbocycles. The van der Waals surface area contributed by atoms with Gasteiger partial charge in [-0.3, -0.25) is 4.72 Å². The summed E-state index contributed by atoms with van der Waals surface area (Å²) in [6.07, 6.45) is 2.22. The number of hydrogen-bond donors (Lipinski definition) is 1. The summed E-state index contributed by atoms with van der Waals surface area (Å²) in [7, 11) is 1.36. The van der Waals surface area contributed by atoms with Crippen molar-refractivity contribution in [2.75, 3.05) is 25.9 Å². The van der Waals surface area contributed by atoms with Crippen molar-refractivity contribution in [3.8, 4) is 5.75 Å². The molecule has 0 bridgehead atoms. The molecule has 152 valence electrons. The van der Waals surface area contributed by atoms with Crippen molar-refractivity contribution in [2.24, 2.45) is 0 Å². The van der Waals surface area contributed by atoms with Crippen LogP contribution in [0.4, 0.5) is 14.5 Å². The highest BCUT2D eigenvalue weighted by molar-refractivity contribution is 7.92. The van der Waals surface area contributed by atoms with Crippen LogP contribution in [-0.4, -0.2) is 40.6 Å². The molecular formula is C19H21ClF2N2O3S. The maximum absolute atomic E-state index is 13.6. The first-order chi connectivity index (χ1) is 13.1. The number of fused-ring (bicyclic) bond motifs is 1. The van der Waals surface area contributed by atoms with Crippen LogP contribution in [0.2, 0.25) is 5.02 Å². The molecule has 2 aromatic rings. The fourth-order valence-electron chi connectivity index (χ4n) is 3.47. The lowest BCUT2D eigenvalue weighted by molar-refractivity contribution is 0.265. The highest BCUT2D eigenvalue weighted by Gasteiger charge is 2.28. The summed E-state index contributed by atoms with van der Waals surface area (Å²) in [6.45, 7) is 0. The van der Waals surface area contributed by atoms with E-state index in [-0.39, 0.29) is 5.02 Å². The normalized spacial score (nSPS) is 16.8. The number of halogens is 3. The largest absolute Gasteiger partial charge is 0.496 e. The van der Waals surface area contributed by atoms with E-state index < -0.39 is 26.6 Å². The predicted molar refractivity (Wildman–Crippen MR) is 105 cm³/mol. The second kappa shape index (κ2) is 7.85. The van der Waals surface area contributed by atoms with Gasteiger partial charge in [0.2, 0.25) is 0 Å². The number of methoxy groups -OCH3 is 1. The van der Waals surface area contributed by atoms with Crippen LogP contribution >= 0.6 is 11.6 Å². The Morgan fingerprint density at radius 2 is 1.86 bits per heavy atom. The van der Waals surface area contributed by atoms with E-state index >= 15 is 0 Å². The molecule has 0 aliphatic heterocycles. The highest BCUT2D eigenvalue weighted by atomic mass is 35.5. The number of benzene rings is 2. The zero-order chi connectivity index (χ0) is 20.6. The molecule has 0 saturated heterocycles. The summed E-state index contributed by atoms with van der Waals surface area (Å²) in [5.41, 5.74) is 2.15. The number of sulfonamides is 1. The van der Waals surface area contributed by atoms with E-state index in [1.54, 1.807) is 19.2 Å². The van der Waals surface area contributed by atoms with Gasteiger partial charge in [-0.25, -0.2) is 17.2 Å². The standard InChI is InChI=1S/C19H21ClF2N2O3S/c1-24(2)11-4-5-12-13(8-11)18(27-3)7-6-17(12)23-28(25,26)19-10-16(22)15(21)9-14(19)20/h6-7,9-11,23H,4-5,8H2,1-3H3/t11-/m0/s1. The van der Waals surface area contributed by atoms with Gasteiger partial charge in [0.15, 0.2) is 11.6 Å². The van der Waals surface area contributed by atoms with Crippen molar-refractivity contribution in [1.82, 2.24) is 4.90 Å². The van der Waals surface area contributed by atoms with Crippen LogP contribution in [0.3, 0.4) is 0 Å². The predicted octanol–water partition coefficient (Wildman–Crippen LogP) is 3.85. The van der Waals surface area contributed by atoms with E-state index in [0.717, 1.165) is 17.5 Å². The fraction of sp³-hybridized carbons (Fsp3) is 0.368.